The molecule has 0 fully saturated rings. The SMILES string of the molecule is COc1ccc(CNCCCS(C)=O)cc1. The zero-order chi connectivity index (χ0) is 11.8. The van der Waals surface area contributed by atoms with Crippen molar-refractivity contribution in [2.45, 2.75) is 13.0 Å². The Morgan fingerprint density at radius 1 is 1.31 bits per heavy atom. The topological polar surface area (TPSA) is 38.3 Å². The maximum atomic E-state index is 10.8. The molecule has 16 heavy (non-hydrogen) atoms. The normalized spacial score (nSPS) is 12.4. The second-order valence-corrected chi connectivity index (χ2v) is 5.21. The highest BCUT2D eigenvalue weighted by atomic mass is 32.2. The first-order valence-electron chi connectivity index (χ1n) is 5.36. The van der Waals surface area contributed by atoms with E-state index in [1.54, 1.807) is 13.4 Å². The summed E-state index contributed by atoms with van der Waals surface area (Å²) in [6.45, 7) is 1.76. The van der Waals surface area contributed by atoms with Crippen LogP contribution in [0, 0.1) is 0 Å². The van der Waals surface area contributed by atoms with Gasteiger partial charge in [0, 0.05) is 29.4 Å². The summed E-state index contributed by atoms with van der Waals surface area (Å²) in [7, 11) is 0.990. The van der Waals surface area contributed by atoms with Crippen LogP contribution in [0.5, 0.6) is 5.75 Å². The lowest BCUT2D eigenvalue weighted by molar-refractivity contribution is 0.414. The number of hydrogen-bond acceptors (Lipinski definition) is 3. The van der Waals surface area contributed by atoms with E-state index >= 15 is 0 Å². The Morgan fingerprint density at radius 2 is 2.00 bits per heavy atom. The van der Waals surface area contributed by atoms with E-state index in [-0.39, 0.29) is 0 Å². The van der Waals surface area contributed by atoms with Gasteiger partial charge in [-0.25, -0.2) is 0 Å². The van der Waals surface area contributed by atoms with Crippen molar-refractivity contribution in [1.29, 1.82) is 0 Å². The molecule has 0 radical (unpaired) electrons. The van der Waals surface area contributed by atoms with E-state index in [2.05, 4.69) is 5.32 Å². The molecule has 0 aliphatic carbocycles. The third kappa shape index (κ3) is 5.28. The minimum Gasteiger partial charge on any atom is -0.497 e. The van der Waals surface area contributed by atoms with Gasteiger partial charge in [-0.3, -0.25) is 4.21 Å². The summed E-state index contributed by atoms with van der Waals surface area (Å²) in [5.74, 6) is 1.65. The van der Waals surface area contributed by atoms with Gasteiger partial charge < -0.3 is 10.1 Å². The van der Waals surface area contributed by atoms with Gasteiger partial charge in [0.2, 0.25) is 0 Å². The summed E-state index contributed by atoms with van der Waals surface area (Å²) < 4.78 is 15.9. The highest BCUT2D eigenvalue weighted by molar-refractivity contribution is 7.84. The standard InChI is InChI=1S/C12H19NO2S/c1-15-12-6-4-11(5-7-12)10-13-8-3-9-16(2)14/h4-7,13H,3,8-10H2,1-2H3. The van der Waals surface area contributed by atoms with Gasteiger partial charge >= 0.3 is 0 Å². The van der Waals surface area contributed by atoms with Gasteiger partial charge in [-0.2, -0.15) is 0 Å². The fourth-order valence-electron chi connectivity index (χ4n) is 1.38. The third-order valence-corrected chi connectivity index (χ3v) is 3.14. The van der Waals surface area contributed by atoms with Crippen molar-refractivity contribution in [2.75, 3.05) is 25.7 Å². The summed E-state index contributed by atoms with van der Waals surface area (Å²) in [6, 6.07) is 8.00. The Kier molecular flexibility index (Phi) is 6.11. The van der Waals surface area contributed by atoms with Crippen LogP contribution in [0.4, 0.5) is 0 Å². The summed E-state index contributed by atoms with van der Waals surface area (Å²) in [4.78, 5) is 0. The Hall–Kier alpha value is -0.870. The van der Waals surface area contributed by atoms with Crippen LogP contribution in [0.25, 0.3) is 0 Å². The molecule has 1 N–H and O–H groups in total. The van der Waals surface area contributed by atoms with Crippen molar-refractivity contribution in [2.24, 2.45) is 0 Å². The van der Waals surface area contributed by atoms with Gasteiger partial charge in [0.15, 0.2) is 0 Å². The van der Waals surface area contributed by atoms with Crippen molar-refractivity contribution in [1.82, 2.24) is 5.32 Å². The van der Waals surface area contributed by atoms with Crippen LogP contribution in [0.15, 0.2) is 24.3 Å². The van der Waals surface area contributed by atoms with Gasteiger partial charge in [0.25, 0.3) is 0 Å². The number of nitrogens with one attached hydrogen (secondary N) is 1. The van der Waals surface area contributed by atoms with E-state index in [4.69, 9.17) is 4.74 Å². The average molecular weight is 241 g/mol. The highest BCUT2D eigenvalue weighted by Crippen LogP contribution is 2.10. The van der Waals surface area contributed by atoms with Gasteiger partial charge in [0.1, 0.15) is 5.75 Å². The quantitative estimate of drug-likeness (QED) is 0.736. The fraction of sp³-hybridized carbons (Fsp3) is 0.500. The molecule has 90 valence electrons. The van der Waals surface area contributed by atoms with Crippen molar-refractivity contribution in [3.8, 4) is 5.75 Å². The predicted octanol–water partition coefficient (Wildman–Crippen LogP) is 1.55. The average Bonchev–Trinajstić information content (AvgIpc) is 2.29. The maximum absolute atomic E-state index is 10.8. The van der Waals surface area contributed by atoms with E-state index in [0.717, 1.165) is 31.0 Å². The Bertz CT molecular complexity index is 324. The van der Waals surface area contributed by atoms with Crippen LogP contribution in [0.2, 0.25) is 0 Å². The first kappa shape index (κ1) is 13.2. The molecule has 1 aromatic carbocycles. The fourth-order valence-corrected chi connectivity index (χ4v) is 1.93. The van der Waals surface area contributed by atoms with Gasteiger partial charge in [-0.05, 0) is 30.7 Å². The molecule has 0 saturated heterocycles. The van der Waals surface area contributed by atoms with Gasteiger partial charge in [-0.1, -0.05) is 12.1 Å². The number of methoxy groups -OCH3 is 1. The number of hydrogen-bond donors (Lipinski definition) is 1. The van der Waals surface area contributed by atoms with Gasteiger partial charge in [-0.15, -0.1) is 0 Å². The summed E-state index contributed by atoms with van der Waals surface area (Å²) >= 11 is 0. The number of benzene rings is 1. The molecule has 0 aliphatic rings. The van der Waals surface area contributed by atoms with E-state index in [0.29, 0.717) is 0 Å². The minimum atomic E-state index is -0.674. The van der Waals surface area contributed by atoms with Crippen LogP contribution in [0.1, 0.15) is 12.0 Å². The predicted molar refractivity (Wildman–Crippen MR) is 68.3 cm³/mol. The van der Waals surface area contributed by atoms with E-state index in [1.807, 2.05) is 24.3 Å². The lowest BCUT2D eigenvalue weighted by atomic mass is 10.2. The van der Waals surface area contributed by atoms with Crippen molar-refractivity contribution < 1.29 is 8.95 Å². The van der Waals surface area contributed by atoms with Crippen molar-refractivity contribution in [3.63, 3.8) is 0 Å². The lowest BCUT2D eigenvalue weighted by Gasteiger charge is -2.05. The molecule has 1 aromatic rings. The largest absolute Gasteiger partial charge is 0.497 e. The number of rotatable bonds is 7. The third-order valence-electron chi connectivity index (χ3n) is 2.27. The second-order valence-electron chi connectivity index (χ2n) is 3.66. The van der Waals surface area contributed by atoms with Crippen molar-refractivity contribution in [3.05, 3.63) is 29.8 Å². The second kappa shape index (κ2) is 7.41. The molecule has 0 spiro atoms. The first-order chi connectivity index (χ1) is 7.72. The Balaban J connectivity index is 2.19. The Labute approximate surface area is 99.7 Å². The van der Waals surface area contributed by atoms with E-state index < -0.39 is 10.8 Å². The molecule has 0 heterocycles. The molecule has 3 nitrogen and oxygen atoms in total. The van der Waals surface area contributed by atoms with Gasteiger partial charge in [0.05, 0.1) is 7.11 Å². The molecule has 0 amide bonds. The van der Waals surface area contributed by atoms with E-state index in [9.17, 15) is 4.21 Å². The Morgan fingerprint density at radius 3 is 2.56 bits per heavy atom. The minimum absolute atomic E-state index is 0.674. The molecule has 1 unspecified atom stereocenters. The molecular weight excluding hydrogens is 222 g/mol. The first-order valence-corrected chi connectivity index (χ1v) is 7.09. The highest BCUT2D eigenvalue weighted by Gasteiger charge is 1.95. The molecule has 0 saturated carbocycles. The monoisotopic (exact) mass is 241 g/mol. The lowest BCUT2D eigenvalue weighted by Crippen LogP contribution is -2.16. The van der Waals surface area contributed by atoms with Crippen LogP contribution in [-0.2, 0) is 17.3 Å². The molecule has 4 heteroatoms. The smallest absolute Gasteiger partial charge is 0.118 e. The molecule has 0 aromatic heterocycles. The molecule has 1 atom stereocenters. The van der Waals surface area contributed by atoms with Crippen LogP contribution >= 0.6 is 0 Å². The van der Waals surface area contributed by atoms with Crippen LogP contribution < -0.4 is 10.1 Å². The maximum Gasteiger partial charge on any atom is 0.118 e. The summed E-state index contributed by atoms with van der Waals surface area (Å²) in [5, 5.41) is 3.32. The molecule has 1 rings (SSSR count). The van der Waals surface area contributed by atoms with E-state index in [1.165, 1.54) is 5.56 Å². The molecular formula is C12H19NO2S. The van der Waals surface area contributed by atoms with Crippen LogP contribution in [-0.4, -0.2) is 29.9 Å². The number of ether oxygens (including phenoxy) is 1. The summed E-state index contributed by atoms with van der Waals surface area (Å²) in [5.41, 5.74) is 1.23. The van der Waals surface area contributed by atoms with Crippen LogP contribution in [0.3, 0.4) is 0 Å². The zero-order valence-corrected chi connectivity index (χ0v) is 10.7. The molecule has 0 bridgehead atoms. The van der Waals surface area contributed by atoms with Crippen molar-refractivity contribution >= 4 is 10.8 Å². The summed E-state index contributed by atoms with van der Waals surface area (Å²) in [6.07, 6.45) is 2.70. The molecule has 0 aliphatic heterocycles. The zero-order valence-electron chi connectivity index (χ0n) is 9.86.